The summed E-state index contributed by atoms with van der Waals surface area (Å²) in [6.07, 6.45) is 4.36. The molecular weight excluding hydrogens is 306 g/mol. The summed E-state index contributed by atoms with van der Waals surface area (Å²) < 4.78 is 0. The van der Waals surface area contributed by atoms with Crippen LogP contribution in [0.2, 0.25) is 0 Å². The second-order valence-electron chi connectivity index (χ2n) is 6.16. The number of aromatic nitrogens is 1. The number of anilines is 1. The summed E-state index contributed by atoms with van der Waals surface area (Å²) in [6, 6.07) is 7.95. The highest BCUT2D eigenvalue weighted by Gasteiger charge is 2.29. The Morgan fingerprint density at radius 1 is 1.43 bits per heavy atom. The maximum absolute atomic E-state index is 12.6. The summed E-state index contributed by atoms with van der Waals surface area (Å²) in [5.41, 5.74) is 8.96. The lowest BCUT2D eigenvalue weighted by atomic mass is 9.96. The van der Waals surface area contributed by atoms with Crippen molar-refractivity contribution in [1.82, 2.24) is 9.88 Å². The fourth-order valence-corrected chi connectivity index (χ4v) is 4.39. The van der Waals surface area contributed by atoms with Crippen molar-refractivity contribution in [3.05, 3.63) is 45.4 Å². The van der Waals surface area contributed by atoms with Crippen molar-refractivity contribution in [1.29, 1.82) is 0 Å². The van der Waals surface area contributed by atoms with Gasteiger partial charge in [0.15, 0.2) is 0 Å². The van der Waals surface area contributed by atoms with Crippen molar-refractivity contribution in [3.63, 3.8) is 0 Å². The minimum Gasteiger partial charge on any atom is -0.399 e. The van der Waals surface area contributed by atoms with Crippen LogP contribution in [0.1, 0.15) is 46.4 Å². The molecule has 0 bridgehead atoms. The quantitative estimate of drug-likeness (QED) is 0.873. The molecule has 1 aromatic carbocycles. The zero-order valence-electron chi connectivity index (χ0n) is 13.7. The van der Waals surface area contributed by atoms with Gasteiger partial charge in [-0.05, 0) is 44.2 Å². The molecule has 2 aromatic rings. The molecule has 1 aliphatic rings. The predicted molar refractivity (Wildman–Crippen MR) is 94.5 cm³/mol. The van der Waals surface area contributed by atoms with Crippen LogP contribution in [0.5, 0.6) is 0 Å². The van der Waals surface area contributed by atoms with Crippen molar-refractivity contribution < 1.29 is 4.79 Å². The van der Waals surface area contributed by atoms with Crippen LogP contribution in [0.15, 0.2) is 24.3 Å². The Balaban J connectivity index is 1.67. The standard InChI is InChI=1S/C18H23N3OS/c1-12-20-15-8-5-9-16(18(15)23-12)21(2)17(22)11-10-13-6-3-4-7-14(13)19/h3-4,6-7,16H,5,8-11,19H2,1-2H3. The van der Waals surface area contributed by atoms with Crippen molar-refractivity contribution >= 4 is 22.9 Å². The van der Waals surface area contributed by atoms with E-state index in [-0.39, 0.29) is 11.9 Å². The maximum Gasteiger partial charge on any atom is 0.223 e. The maximum atomic E-state index is 12.6. The molecule has 0 saturated heterocycles. The molecule has 1 aromatic heterocycles. The lowest BCUT2D eigenvalue weighted by Gasteiger charge is -2.30. The molecular formula is C18H23N3OS. The minimum absolute atomic E-state index is 0.178. The topological polar surface area (TPSA) is 59.2 Å². The number of hydrogen-bond donors (Lipinski definition) is 1. The lowest BCUT2D eigenvalue weighted by molar-refractivity contribution is -0.132. The molecule has 1 amide bonds. The molecule has 0 spiro atoms. The molecule has 1 aliphatic carbocycles. The SMILES string of the molecule is Cc1nc2c(s1)C(N(C)C(=O)CCc1ccccc1N)CCC2. The van der Waals surface area contributed by atoms with Gasteiger partial charge in [-0.2, -0.15) is 0 Å². The largest absolute Gasteiger partial charge is 0.399 e. The van der Waals surface area contributed by atoms with Crippen LogP contribution < -0.4 is 5.73 Å². The Labute approximate surface area is 141 Å². The molecule has 4 nitrogen and oxygen atoms in total. The summed E-state index contributed by atoms with van der Waals surface area (Å²) in [4.78, 5) is 20.4. The van der Waals surface area contributed by atoms with E-state index in [1.165, 1.54) is 10.6 Å². The number of nitrogens with two attached hydrogens (primary N) is 1. The Hall–Kier alpha value is -1.88. The summed E-state index contributed by atoms with van der Waals surface area (Å²) in [5, 5.41) is 1.10. The number of rotatable bonds is 4. The second-order valence-corrected chi connectivity index (χ2v) is 7.39. The molecule has 122 valence electrons. The highest BCUT2D eigenvalue weighted by atomic mass is 32.1. The number of para-hydroxylation sites is 1. The molecule has 1 heterocycles. The second kappa shape index (κ2) is 6.71. The normalized spacial score (nSPS) is 16.9. The van der Waals surface area contributed by atoms with Gasteiger partial charge in [0, 0.05) is 19.2 Å². The third kappa shape index (κ3) is 3.39. The van der Waals surface area contributed by atoms with E-state index in [0.29, 0.717) is 12.8 Å². The summed E-state index contributed by atoms with van der Waals surface area (Å²) in [7, 11) is 1.92. The number of carbonyl (C=O) groups is 1. The zero-order chi connectivity index (χ0) is 16.4. The Bertz CT molecular complexity index is 710. The molecule has 0 saturated carbocycles. The van der Waals surface area contributed by atoms with Gasteiger partial charge in [0.1, 0.15) is 0 Å². The van der Waals surface area contributed by atoms with Crippen molar-refractivity contribution in [2.75, 3.05) is 12.8 Å². The highest BCUT2D eigenvalue weighted by Crippen LogP contribution is 2.37. The Morgan fingerprint density at radius 3 is 3.00 bits per heavy atom. The first kappa shape index (κ1) is 16.0. The molecule has 5 heteroatoms. The average Bonchev–Trinajstić information content (AvgIpc) is 2.93. The van der Waals surface area contributed by atoms with Crippen molar-refractivity contribution in [2.24, 2.45) is 0 Å². The van der Waals surface area contributed by atoms with E-state index in [4.69, 9.17) is 5.73 Å². The zero-order valence-corrected chi connectivity index (χ0v) is 14.5. The first-order chi connectivity index (χ1) is 11.1. The number of nitrogen functional groups attached to an aromatic ring is 1. The number of nitrogens with zero attached hydrogens (tertiary/aromatic N) is 2. The first-order valence-corrected chi connectivity index (χ1v) is 8.93. The third-order valence-electron chi connectivity index (χ3n) is 4.55. The molecule has 0 aliphatic heterocycles. The van der Waals surface area contributed by atoms with Crippen LogP contribution in [0.3, 0.4) is 0 Å². The van der Waals surface area contributed by atoms with Crippen molar-refractivity contribution in [3.8, 4) is 0 Å². The first-order valence-electron chi connectivity index (χ1n) is 8.11. The number of fused-ring (bicyclic) bond motifs is 1. The van der Waals surface area contributed by atoms with Crippen LogP contribution >= 0.6 is 11.3 Å². The monoisotopic (exact) mass is 329 g/mol. The smallest absolute Gasteiger partial charge is 0.223 e. The highest BCUT2D eigenvalue weighted by molar-refractivity contribution is 7.11. The van der Waals surface area contributed by atoms with Gasteiger partial charge in [0.2, 0.25) is 5.91 Å². The Kier molecular flexibility index (Phi) is 4.66. The van der Waals surface area contributed by atoms with E-state index >= 15 is 0 Å². The predicted octanol–water partition coefficient (Wildman–Crippen LogP) is 3.50. The van der Waals surface area contributed by atoms with Gasteiger partial charge in [-0.3, -0.25) is 4.79 Å². The number of thiazole rings is 1. The molecule has 23 heavy (non-hydrogen) atoms. The van der Waals surface area contributed by atoms with Crippen LogP contribution in [0.25, 0.3) is 0 Å². The van der Waals surface area contributed by atoms with Crippen LogP contribution in [0, 0.1) is 6.92 Å². The number of carbonyl (C=O) groups excluding carboxylic acids is 1. The average molecular weight is 329 g/mol. The van der Waals surface area contributed by atoms with E-state index in [1.807, 2.05) is 43.1 Å². The van der Waals surface area contributed by atoms with Gasteiger partial charge >= 0.3 is 0 Å². The number of hydrogen-bond acceptors (Lipinski definition) is 4. The van der Waals surface area contributed by atoms with Crippen LogP contribution in [-0.2, 0) is 17.6 Å². The molecule has 1 unspecified atom stereocenters. The molecule has 2 N–H and O–H groups in total. The minimum atomic E-state index is 0.178. The van der Waals surface area contributed by atoms with Gasteiger partial charge in [0.05, 0.1) is 21.6 Å². The Morgan fingerprint density at radius 2 is 2.22 bits per heavy atom. The van der Waals surface area contributed by atoms with Gasteiger partial charge in [-0.25, -0.2) is 4.98 Å². The van der Waals surface area contributed by atoms with Gasteiger partial charge in [0.25, 0.3) is 0 Å². The summed E-state index contributed by atoms with van der Waals surface area (Å²) in [5.74, 6) is 0.178. The number of benzene rings is 1. The molecule has 3 rings (SSSR count). The van der Waals surface area contributed by atoms with Crippen LogP contribution in [0.4, 0.5) is 5.69 Å². The van der Waals surface area contributed by atoms with Crippen LogP contribution in [-0.4, -0.2) is 22.8 Å². The van der Waals surface area contributed by atoms with E-state index in [0.717, 1.165) is 35.5 Å². The van der Waals surface area contributed by atoms with Crippen molar-refractivity contribution in [2.45, 2.75) is 45.1 Å². The molecule has 0 fully saturated rings. The number of amides is 1. The molecule has 0 radical (unpaired) electrons. The van der Waals surface area contributed by atoms with E-state index in [9.17, 15) is 4.79 Å². The number of aryl methyl sites for hydroxylation is 3. The summed E-state index contributed by atoms with van der Waals surface area (Å²) in [6.45, 7) is 2.04. The van der Waals surface area contributed by atoms with Gasteiger partial charge < -0.3 is 10.6 Å². The fraction of sp³-hybridized carbons (Fsp3) is 0.444. The van der Waals surface area contributed by atoms with E-state index in [1.54, 1.807) is 11.3 Å². The van der Waals surface area contributed by atoms with Gasteiger partial charge in [-0.1, -0.05) is 18.2 Å². The lowest BCUT2D eigenvalue weighted by Crippen LogP contribution is -2.33. The van der Waals surface area contributed by atoms with E-state index in [2.05, 4.69) is 4.98 Å². The third-order valence-corrected chi connectivity index (χ3v) is 5.67. The fourth-order valence-electron chi connectivity index (χ4n) is 3.24. The molecule has 1 atom stereocenters. The van der Waals surface area contributed by atoms with E-state index < -0.39 is 0 Å². The summed E-state index contributed by atoms with van der Waals surface area (Å²) >= 11 is 1.74. The van der Waals surface area contributed by atoms with Gasteiger partial charge in [-0.15, -0.1) is 11.3 Å².